The topological polar surface area (TPSA) is 15.3 Å². The zero-order chi connectivity index (χ0) is 14.9. The molecule has 1 saturated heterocycles. The fourth-order valence-corrected chi connectivity index (χ4v) is 2.55. The third-order valence-corrected chi connectivity index (χ3v) is 3.56. The van der Waals surface area contributed by atoms with Crippen molar-refractivity contribution in [1.82, 2.24) is 10.2 Å². The second-order valence-electron chi connectivity index (χ2n) is 4.69. The SMILES string of the molecule is CC[C@@H](c1c(F)c(F)c(F)c(F)c1F)N1CCNCC1. The van der Waals surface area contributed by atoms with Gasteiger partial charge in [-0.15, -0.1) is 0 Å². The van der Waals surface area contributed by atoms with Gasteiger partial charge in [-0.3, -0.25) is 4.90 Å². The van der Waals surface area contributed by atoms with Gasteiger partial charge in [0.05, 0.1) is 0 Å². The van der Waals surface area contributed by atoms with Crippen molar-refractivity contribution in [2.24, 2.45) is 0 Å². The molecule has 1 atom stereocenters. The maximum atomic E-state index is 13.8. The monoisotopic (exact) mass is 294 g/mol. The highest BCUT2D eigenvalue weighted by molar-refractivity contribution is 5.27. The van der Waals surface area contributed by atoms with Gasteiger partial charge in [-0.05, 0) is 6.42 Å². The maximum Gasteiger partial charge on any atom is 0.200 e. The minimum absolute atomic E-state index is 0.262. The van der Waals surface area contributed by atoms with Gasteiger partial charge < -0.3 is 5.32 Å². The van der Waals surface area contributed by atoms with Gasteiger partial charge in [0, 0.05) is 37.8 Å². The molecule has 2 rings (SSSR count). The van der Waals surface area contributed by atoms with Gasteiger partial charge in [0.1, 0.15) is 0 Å². The van der Waals surface area contributed by atoms with Crippen LogP contribution in [0.5, 0.6) is 0 Å². The summed E-state index contributed by atoms with van der Waals surface area (Å²) in [6.45, 7) is 3.89. The van der Waals surface area contributed by atoms with E-state index in [-0.39, 0.29) is 6.42 Å². The van der Waals surface area contributed by atoms with Gasteiger partial charge in [0.2, 0.25) is 5.82 Å². The summed E-state index contributed by atoms with van der Waals surface area (Å²) in [4.78, 5) is 1.73. The van der Waals surface area contributed by atoms with E-state index in [1.54, 1.807) is 11.8 Å². The number of nitrogens with one attached hydrogen (secondary N) is 1. The molecule has 1 aliphatic rings. The van der Waals surface area contributed by atoms with Crippen LogP contribution in [0.2, 0.25) is 0 Å². The zero-order valence-corrected chi connectivity index (χ0v) is 10.9. The van der Waals surface area contributed by atoms with E-state index in [2.05, 4.69) is 5.32 Å². The van der Waals surface area contributed by atoms with Crippen LogP contribution in [0.3, 0.4) is 0 Å². The van der Waals surface area contributed by atoms with Crippen LogP contribution in [0.15, 0.2) is 0 Å². The molecule has 1 fully saturated rings. The Bertz CT molecular complexity index is 471. The van der Waals surface area contributed by atoms with E-state index in [0.29, 0.717) is 26.2 Å². The lowest BCUT2D eigenvalue weighted by Gasteiger charge is -2.35. The number of hydrogen-bond acceptors (Lipinski definition) is 2. The molecule has 7 heteroatoms. The van der Waals surface area contributed by atoms with Crippen molar-refractivity contribution in [3.05, 3.63) is 34.6 Å². The molecule has 0 unspecified atom stereocenters. The van der Waals surface area contributed by atoms with Crippen LogP contribution in [-0.2, 0) is 0 Å². The van der Waals surface area contributed by atoms with E-state index >= 15 is 0 Å². The first kappa shape index (κ1) is 15.2. The molecule has 0 aromatic heterocycles. The highest BCUT2D eigenvalue weighted by Crippen LogP contribution is 2.33. The second-order valence-corrected chi connectivity index (χ2v) is 4.69. The van der Waals surface area contributed by atoms with E-state index in [0.717, 1.165) is 0 Å². The molecule has 1 heterocycles. The standard InChI is InChI=1S/C13H15F5N2/c1-2-7(20-5-3-19-4-6-20)8-9(14)11(16)13(18)12(17)10(8)15/h7,19H,2-6H2,1H3/t7-/m0/s1. The Morgan fingerprint density at radius 2 is 1.35 bits per heavy atom. The van der Waals surface area contributed by atoms with E-state index < -0.39 is 40.7 Å². The fourth-order valence-electron chi connectivity index (χ4n) is 2.55. The van der Waals surface area contributed by atoms with Crippen molar-refractivity contribution in [3.63, 3.8) is 0 Å². The highest BCUT2D eigenvalue weighted by Gasteiger charge is 2.32. The Morgan fingerprint density at radius 1 is 0.900 bits per heavy atom. The van der Waals surface area contributed by atoms with Crippen molar-refractivity contribution >= 4 is 0 Å². The van der Waals surface area contributed by atoms with Crippen LogP contribution >= 0.6 is 0 Å². The Kier molecular flexibility index (Phi) is 4.59. The van der Waals surface area contributed by atoms with E-state index in [9.17, 15) is 22.0 Å². The average molecular weight is 294 g/mol. The molecular weight excluding hydrogens is 279 g/mol. The summed E-state index contributed by atoms with van der Waals surface area (Å²) in [5.74, 6) is -9.34. The van der Waals surface area contributed by atoms with Gasteiger partial charge in [0.25, 0.3) is 0 Å². The van der Waals surface area contributed by atoms with Crippen LogP contribution in [0.4, 0.5) is 22.0 Å². The second kappa shape index (κ2) is 6.05. The summed E-state index contributed by atoms with van der Waals surface area (Å²) in [6, 6.07) is -0.818. The normalized spacial score (nSPS) is 18.3. The van der Waals surface area contributed by atoms with Crippen LogP contribution in [-0.4, -0.2) is 31.1 Å². The third-order valence-electron chi connectivity index (χ3n) is 3.56. The molecular formula is C13H15F5N2. The molecule has 0 aliphatic carbocycles. The van der Waals surface area contributed by atoms with Crippen LogP contribution in [0, 0.1) is 29.1 Å². The number of halogens is 5. The van der Waals surface area contributed by atoms with Gasteiger partial charge in [-0.2, -0.15) is 0 Å². The first-order valence-corrected chi connectivity index (χ1v) is 6.45. The number of piperazine rings is 1. The predicted octanol–water partition coefficient (Wildman–Crippen LogP) is 2.74. The van der Waals surface area contributed by atoms with Crippen molar-refractivity contribution < 1.29 is 22.0 Å². The minimum atomic E-state index is -2.11. The largest absolute Gasteiger partial charge is 0.314 e. The lowest BCUT2D eigenvalue weighted by Crippen LogP contribution is -2.45. The van der Waals surface area contributed by atoms with Crippen LogP contribution in [0.25, 0.3) is 0 Å². The third kappa shape index (κ3) is 2.52. The number of rotatable bonds is 3. The summed E-state index contributed by atoms with van der Waals surface area (Å²) < 4.78 is 67.3. The first-order valence-electron chi connectivity index (χ1n) is 6.45. The van der Waals surface area contributed by atoms with Gasteiger partial charge in [-0.25, -0.2) is 22.0 Å². The van der Waals surface area contributed by atoms with Crippen molar-refractivity contribution in [2.75, 3.05) is 26.2 Å². The molecule has 0 saturated carbocycles. The first-order chi connectivity index (χ1) is 9.49. The summed E-state index contributed by atoms with van der Waals surface area (Å²) in [6.07, 6.45) is 0.262. The van der Waals surface area contributed by atoms with Crippen LogP contribution in [0.1, 0.15) is 24.9 Å². The molecule has 20 heavy (non-hydrogen) atoms. The molecule has 0 spiro atoms. The molecule has 1 aromatic carbocycles. The average Bonchev–Trinajstić information content (AvgIpc) is 2.48. The van der Waals surface area contributed by atoms with E-state index in [4.69, 9.17) is 0 Å². The lowest BCUT2D eigenvalue weighted by atomic mass is 9.99. The summed E-state index contributed by atoms with van der Waals surface area (Å²) in [7, 11) is 0. The molecule has 1 N–H and O–H groups in total. The number of nitrogens with zero attached hydrogens (tertiary/aromatic N) is 1. The fraction of sp³-hybridized carbons (Fsp3) is 0.538. The lowest BCUT2D eigenvalue weighted by molar-refractivity contribution is 0.160. The van der Waals surface area contributed by atoms with Gasteiger partial charge in [-0.1, -0.05) is 6.92 Å². The molecule has 0 bridgehead atoms. The Balaban J connectivity index is 2.48. The quantitative estimate of drug-likeness (QED) is 0.524. The summed E-state index contributed by atoms with van der Waals surface area (Å²) in [5, 5.41) is 3.07. The van der Waals surface area contributed by atoms with E-state index in [1.807, 2.05) is 0 Å². The summed E-state index contributed by atoms with van der Waals surface area (Å²) in [5.41, 5.74) is -0.731. The molecule has 1 aromatic rings. The Labute approximate surface area is 113 Å². The smallest absolute Gasteiger partial charge is 0.200 e. The van der Waals surface area contributed by atoms with Crippen molar-refractivity contribution in [1.29, 1.82) is 0 Å². The van der Waals surface area contributed by atoms with Crippen LogP contribution < -0.4 is 5.32 Å². The van der Waals surface area contributed by atoms with E-state index in [1.165, 1.54) is 0 Å². The van der Waals surface area contributed by atoms with Gasteiger partial charge >= 0.3 is 0 Å². The Morgan fingerprint density at radius 3 is 1.80 bits per heavy atom. The molecule has 0 amide bonds. The van der Waals surface area contributed by atoms with Crippen molar-refractivity contribution in [2.45, 2.75) is 19.4 Å². The summed E-state index contributed by atoms with van der Waals surface area (Å²) >= 11 is 0. The zero-order valence-electron chi connectivity index (χ0n) is 10.9. The number of benzene rings is 1. The molecule has 0 radical (unpaired) electrons. The minimum Gasteiger partial charge on any atom is -0.314 e. The predicted molar refractivity (Wildman–Crippen MR) is 63.7 cm³/mol. The van der Waals surface area contributed by atoms with Gasteiger partial charge in [0.15, 0.2) is 23.3 Å². The Hall–Kier alpha value is -1.21. The maximum absolute atomic E-state index is 13.8. The molecule has 2 nitrogen and oxygen atoms in total. The highest BCUT2D eigenvalue weighted by atomic mass is 19.2. The molecule has 112 valence electrons. The molecule has 1 aliphatic heterocycles. The number of hydrogen-bond donors (Lipinski definition) is 1. The van der Waals surface area contributed by atoms with Crippen molar-refractivity contribution in [3.8, 4) is 0 Å².